The molecule has 0 saturated heterocycles. The summed E-state index contributed by atoms with van der Waals surface area (Å²) in [6.07, 6.45) is 2.41. The molecule has 1 aliphatic carbocycles. The van der Waals surface area contributed by atoms with Crippen molar-refractivity contribution in [1.82, 2.24) is 20.2 Å². The van der Waals surface area contributed by atoms with Crippen LogP contribution in [0.15, 0.2) is 29.4 Å². The quantitative estimate of drug-likeness (QED) is 0.584. The second-order valence-corrected chi connectivity index (χ2v) is 6.83. The molecule has 1 saturated carbocycles. The van der Waals surface area contributed by atoms with Crippen LogP contribution in [0.1, 0.15) is 19.8 Å². The molecule has 1 fully saturated rings. The van der Waals surface area contributed by atoms with Gasteiger partial charge in [0.2, 0.25) is 11.1 Å². The van der Waals surface area contributed by atoms with Crippen molar-refractivity contribution in [3.8, 4) is 17.1 Å². The number of nitrogens with zero attached hydrogens (tertiary/aromatic N) is 3. The number of rotatable bonds is 7. The SMILES string of the molecule is COc1ccc(-c2nnc(SCC(=O)N[C@H](C)C3CC3)n2N)cc1. The van der Waals surface area contributed by atoms with E-state index in [2.05, 4.69) is 15.5 Å². The van der Waals surface area contributed by atoms with Gasteiger partial charge < -0.3 is 15.9 Å². The van der Waals surface area contributed by atoms with E-state index >= 15 is 0 Å². The Morgan fingerprint density at radius 3 is 2.75 bits per heavy atom. The normalized spacial score (nSPS) is 15.1. The monoisotopic (exact) mass is 347 g/mol. The van der Waals surface area contributed by atoms with Gasteiger partial charge in [0.15, 0.2) is 5.82 Å². The van der Waals surface area contributed by atoms with Crippen LogP contribution in [0.5, 0.6) is 5.75 Å². The molecule has 24 heavy (non-hydrogen) atoms. The Kier molecular flexibility index (Phi) is 4.94. The maximum absolute atomic E-state index is 12.0. The number of carbonyl (C=O) groups excluding carboxylic acids is 1. The fourth-order valence-electron chi connectivity index (χ4n) is 2.45. The van der Waals surface area contributed by atoms with E-state index in [4.69, 9.17) is 10.6 Å². The van der Waals surface area contributed by atoms with Crippen LogP contribution in [-0.4, -0.2) is 39.7 Å². The highest BCUT2D eigenvalue weighted by atomic mass is 32.2. The van der Waals surface area contributed by atoms with Gasteiger partial charge in [-0.05, 0) is 49.9 Å². The first-order valence-electron chi connectivity index (χ1n) is 7.85. The minimum atomic E-state index is -0.00611. The number of carbonyl (C=O) groups is 1. The largest absolute Gasteiger partial charge is 0.497 e. The Morgan fingerprint density at radius 1 is 1.42 bits per heavy atom. The van der Waals surface area contributed by atoms with Crippen molar-refractivity contribution in [2.45, 2.75) is 31.0 Å². The van der Waals surface area contributed by atoms with Gasteiger partial charge >= 0.3 is 0 Å². The Hall–Kier alpha value is -2.22. The van der Waals surface area contributed by atoms with E-state index in [-0.39, 0.29) is 17.7 Å². The summed E-state index contributed by atoms with van der Waals surface area (Å²) >= 11 is 1.28. The van der Waals surface area contributed by atoms with E-state index < -0.39 is 0 Å². The van der Waals surface area contributed by atoms with Crippen molar-refractivity contribution in [3.05, 3.63) is 24.3 Å². The Labute approximate surface area is 144 Å². The Balaban J connectivity index is 1.60. The van der Waals surface area contributed by atoms with E-state index in [0.717, 1.165) is 11.3 Å². The van der Waals surface area contributed by atoms with Crippen LogP contribution in [0.25, 0.3) is 11.4 Å². The fourth-order valence-corrected chi connectivity index (χ4v) is 3.12. The van der Waals surface area contributed by atoms with Crippen molar-refractivity contribution in [1.29, 1.82) is 0 Å². The average Bonchev–Trinajstić information content (AvgIpc) is 3.37. The molecule has 1 amide bonds. The molecule has 1 aromatic heterocycles. The molecule has 0 spiro atoms. The van der Waals surface area contributed by atoms with Gasteiger partial charge in [0.05, 0.1) is 12.9 Å². The highest BCUT2D eigenvalue weighted by Gasteiger charge is 2.28. The number of hydrogen-bond acceptors (Lipinski definition) is 6. The number of amides is 1. The van der Waals surface area contributed by atoms with Crippen molar-refractivity contribution >= 4 is 17.7 Å². The van der Waals surface area contributed by atoms with Crippen LogP contribution in [0.3, 0.4) is 0 Å². The molecule has 1 heterocycles. The van der Waals surface area contributed by atoms with Crippen molar-refractivity contribution in [2.24, 2.45) is 5.92 Å². The zero-order valence-electron chi connectivity index (χ0n) is 13.7. The van der Waals surface area contributed by atoms with Gasteiger partial charge in [-0.1, -0.05) is 11.8 Å². The number of methoxy groups -OCH3 is 1. The summed E-state index contributed by atoms with van der Waals surface area (Å²) in [5.74, 6) is 8.27. The molecule has 2 aromatic rings. The van der Waals surface area contributed by atoms with E-state index in [1.807, 2.05) is 31.2 Å². The van der Waals surface area contributed by atoms with Crippen LogP contribution in [0.4, 0.5) is 0 Å². The summed E-state index contributed by atoms with van der Waals surface area (Å²) < 4.78 is 6.54. The second-order valence-electron chi connectivity index (χ2n) is 5.89. The number of hydrogen-bond donors (Lipinski definition) is 2. The first kappa shape index (κ1) is 16.6. The van der Waals surface area contributed by atoms with Gasteiger partial charge in [-0.15, -0.1) is 10.2 Å². The number of nitrogens with one attached hydrogen (secondary N) is 1. The molecule has 1 atom stereocenters. The number of nitrogen functional groups attached to an aromatic ring is 1. The molecule has 8 heteroatoms. The van der Waals surface area contributed by atoms with Gasteiger partial charge in [-0.3, -0.25) is 4.79 Å². The third kappa shape index (κ3) is 3.81. The van der Waals surface area contributed by atoms with Crippen LogP contribution >= 0.6 is 11.8 Å². The lowest BCUT2D eigenvalue weighted by molar-refractivity contribution is -0.119. The van der Waals surface area contributed by atoms with Crippen molar-refractivity contribution < 1.29 is 9.53 Å². The zero-order chi connectivity index (χ0) is 17.1. The predicted molar refractivity (Wildman–Crippen MR) is 93.2 cm³/mol. The molecule has 0 bridgehead atoms. The first-order chi connectivity index (χ1) is 11.6. The van der Waals surface area contributed by atoms with Gasteiger partial charge in [0.25, 0.3) is 0 Å². The molecule has 1 aromatic carbocycles. The summed E-state index contributed by atoms with van der Waals surface area (Å²) in [6, 6.07) is 7.64. The number of aromatic nitrogens is 3. The topological polar surface area (TPSA) is 95.1 Å². The maximum atomic E-state index is 12.0. The summed E-state index contributed by atoms with van der Waals surface area (Å²) in [5.41, 5.74) is 0.837. The number of thioether (sulfide) groups is 1. The Morgan fingerprint density at radius 2 is 2.12 bits per heavy atom. The summed E-state index contributed by atoms with van der Waals surface area (Å²) in [6.45, 7) is 2.05. The zero-order valence-corrected chi connectivity index (χ0v) is 14.5. The molecule has 0 radical (unpaired) electrons. The van der Waals surface area contributed by atoms with Crippen molar-refractivity contribution in [2.75, 3.05) is 18.7 Å². The fraction of sp³-hybridized carbons (Fsp3) is 0.438. The molecule has 128 valence electrons. The third-order valence-electron chi connectivity index (χ3n) is 4.06. The third-order valence-corrected chi connectivity index (χ3v) is 5.01. The summed E-state index contributed by atoms with van der Waals surface area (Å²) in [5, 5.41) is 11.7. The standard InChI is InChI=1S/C16H21N5O2S/c1-10(11-3-4-11)18-14(22)9-24-16-20-19-15(21(16)17)12-5-7-13(23-2)8-6-12/h5-8,10-11H,3-4,9,17H2,1-2H3,(H,18,22)/t10-/m1/s1. The number of nitrogens with two attached hydrogens (primary N) is 1. The molecule has 0 aliphatic heterocycles. The highest BCUT2D eigenvalue weighted by Crippen LogP contribution is 2.32. The van der Waals surface area contributed by atoms with Crippen LogP contribution < -0.4 is 15.9 Å². The minimum absolute atomic E-state index is 0.00611. The molecular formula is C16H21N5O2S. The van der Waals surface area contributed by atoms with E-state index in [0.29, 0.717) is 16.9 Å². The number of benzene rings is 1. The Bertz CT molecular complexity index is 712. The molecular weight excluding hydrogens is 326 g/mol. The lowest BCUT2D eigenvalue weighted by atomic mass is 10.2. The predicted octanol–water partition coefficient (Wildman–Crippen LogP) is 1.67. The first-order valence-corrected chi connectivity index (χ1v) is 8.84. The molecule has 0 unspecified atom stereocenters. The van der Waals surface area contributed by atoms with E-state index in [1.165, 1.54) is 29.3 Å². The lowest BCUT2D eigenvalue weighted by Crippen LogP contribution is -2.35. The number of ether oxygens (including phenoxy) is 1. The van der Waals surface area contributed by atoms with Gasteiger partial charge in [-0.2, -0.15) is 0 Å². The van der Waals surface area contributed by atoms with E-state index in [1.54, 1.807) is 7.11 Å². The lowest BCUT2D eigenvalue weighted by Gasteiger charge is -2.12. The molecule has 3 N–H and O–H groups in total. The van der Waals surface area contributed by atoms with Crippen LogP contribution in [-0.2, 0) is 4.79 Å². The van der Waals surface area contributed by atoms with Gasteiger partial charge in [-0.25, -0.2) is 4.68 Å². The summed E-state index contributed by atoms with van der Waals surface area (Å²) in [4.78, 5) is 12.0. The maximum Gasteiger partial charge on any atom is 0.230 e. The molecule has 3 rings (SSSR count). The second kappa shape index (κ2) is 7.12. The van der Waals surface area contributed by atoms with Gasteiger partial charge in [0.1, 0.15) is 5.75 Å². The van der Waals surface area contributed by atoms with Gasteiger partial charge in [0, 0.05) is 11.6 Å². The summed E-state index contributed by atoms with van der Waals surface area (Å²) in [7, 11) is 1.62. The van der Waals surface area contributed by atoms with E-state index in [9.17, 15) is 4.79 Å². The smallest absolute Gasteiger partial charge is 0.230 e. The molecule has 1 aliphatic rings. The highest BCUT2D eigenvalue weighted by molar-refractivity contribution is 7.99. The molecule has 7 nitrogen and oxygen atoms in total. The van der Waals surface area contributed by atoms with Crippen molar-refractivity contribution in [3.63, 3.8) is 0 Å². The van der Waals surface area contributed by atoms with Crippen LogP contribution in [0, 0.1) is 5.92 Å². The average molecular weight is 347 g/mol. The minimum Gasteiger partial charge on any atom is -0.497 e. The van der Waals surface area contributed by atoms with Crippen LogP contribution in [0.2, 0.25) is 0 Å².